The predicted octanol–water partition coefficient (Wildman–Crippen LogP) is 2.35. The van der Waals surface area contributed by atoms with Gasteiger partial charge in [-0.15, -0.1) is 0 Å². The van der Waals surface area contributed by atoms with Crippen LogP contribution >= 0.6 is 0 Å². The third-order valence-corrected chi connectivity index (χ3v) is 3.12. The van der Waals surface area contributed by atoms with E-state index in [0.717, 1.165) is 25.9 Å². The highest BCUT2D eigenvalue weighted by molar-refractivity contribution is 5.98. The lowest BCUT2D eigenvalue weighted by Crippen LogP contribution is -2.36. The first-order chi connectivity index (χ1) is 7.66. The van der Waals surface area contributed by atoms with Gasteiger partial charge in [0, 0.05) is 18.0 Å². The second-order valence-electron chi connectivity index (χ2n) is 4.47. The number of hydrogen-bond donors (Lipinski definition) is 0. The van der Waals surface area contributed by atoms with Crippen molar-refractivity contribution in [3.8, 4) is 0 Å². The Kier molecular flexibility index (Phi) is 3.34. The molecule has 0 radical (unpaired) electrons. The number of rotatable bonds is 2. The van der Waals surface area contributed by atoms with E-state index in [4.69, 9.17) is 0 Å². The minimum atomic E-state index is -0.294. The molecular weight excluding hydrogens is 205 g/mol. The van der Waals surface area contributed by atoms with Crippen molar-refractivity contribution in [1.82, 2.24) is 4.90 Å². The second kappa shape index (κ2) is 4.74. The largest absolute Gasteiger partial charge is 0.306 e. The van der Waals surface area contributed by atoms with Crippen LogP contribution in [0.4, 0.5) is 4.39 Å². The Labute approximate surface area is 95.1 Å². The topological polar surface area (TPSA) is 20.3 Å². The number of halogens is 1. The van der Waals surface area contributed by atoms with Crippen LogP contribution in [-0.2, 0) is 0 Å². The lowest BCUT2D eigenvalue weighted by atomic mass is 9.90. The van der Waals surface area contributed by atoms with Crippen molar-refractivity contribution in [2.45, 2.75) is 12.8 Å². The van der Waals surface area contributed by atoms with Crippen LogP contribution < -0.4 is 0 Å². The van der Waals surface area contributed by atoms with Crippen molar-refractivity contribution in [3.05, 3.63) is 35.6 Å². The molecule has 2 nitrogen and oxygen atoms in total. The van der Waals surface area contributed by atoms with Crippen molar-refractivity contribution in [2.24, 2.45) is 5.92 Å². The molecule has 1 aromatic rings. The van der Waals surface area contributed by atoms with Gasteiger partial charge in [-0.2, -0.15) is 0 Å². The lowest BCUT2D eigenvalue weighted by Gasteiger charge is -2.28. The molecule has 86 valence electrons. The van der Waals surface area contributed by atoms with Crippen LogP contribution in [-0.4, -0.2) is 30.8 Å². The molecule has 1 saturated heterocycles. The van der Waals surface area contributed by atoms with Gasteiger partial charge in [0.15, 0.2) is 5.78 Å². The van der Waals surface area contributed by atoms with Crippen LogP contribution in [0.5, 0.6) is 0 Å². The number of nitrogens with zero attached hydrogens (tertiary/aromatic N) is 1. The summed E-state index contributed by atoms with van der Waals surface area (Å²) in [6, 6.07) is 5.85. The van der Waals surface area contributed by atoms with Gasteiger partial charge in [0.05, 0.1) is 0 Å². The average molecular weight is 221 g/mol. The monoisotopic (exact) mass is 221 g/mol. The average Bonchev–Trinajstić information content (AvgIpc) is 2.29. The number of carbonyl (C=O) groups is 1. The molecule has 0 bridgehead atoms. The Balaban J connectivity index is 2.09. The quantitative estimate of drug-likeness (QED) is 0.714. The summed E-state index contributed by atoms with van der Waals surface area (Å²) in [6.45, 7) is 1.88. The Bertz CT molecular complexity index is 374. The number of hydrogen-bond acceptors (Lipinski definition) is 2. The van der Waals surface area contributed by atoms with E-state index in [-0.39, 0.29) is 17.5 Å². The minimum Gasteiger partial charge on any atom is -0.306 e. The molecule has 0 amide bonds. The summed E-state index contributed by atoms with van der Waals surface area (Å²) in [5.74, 6) is -0.0759. The normalized spacial score (nSPS) is 22.0. The summed E-state index contributed by atoms with van der Waals surface area (Å²) in [6.07, 6.45) is 2.01. The number of likely N-dealkylation sites (tertiary alicyclic amines) is 1. The molecule has 1 aromatic carbocycles. The van der Waals surface area contributed by atoms with Crippen LogP contribution in [0.1, 0.15) is 23.2 Å². The van der Waals surface area contributed by atoms with Crippen LogP contribution in [0.15, 0.2) is 24.3 Å². The molecule has 1 aliphatic rings. The second-order valence-corrected chi connectivity index (χ2v) is 4.47. The molecule has 1 heterocycles. The smallest absolute Gasteiger partial charge is 0.167 e. The van der Waals surface area contributed by atoms with Crippen molar-refractivity contribution in [2.75, 3.05) is 20.1 Å². The van der Waals surface area contributed by atoms with E-state index in [1.165, 1.54) is 12.1 Å². The molecule has 0 aliphatic carbocycles. The standard InChI is InChI=1S/C13H16FNO/c1-15-8-2-3-11(9-15)13(16)10-4-6-12(14)7-5-10/h4-7,11H,2-3,8-9H2,1H3. The summed E-state index contributed by atoms with van der Waals surface area (Å²) in [5.41, 5.74) is 0.627. The van der Waals surface area contributed by atoms with Crippen molar-refractivity contribution < 1.29 is 9.18 Å². The van der Waals surface area contributed by atoms with E-state index in [2.05, 4.69) is 4.90 Å². The van der Waals surface area contributed by atoms with Crippen LogP contribution in [0.25, 0.3) is 0 Å². The number of benzene rings is 1. The molecular formula is C13H16FNO. The van der Waals surface area contributed by atoms with E-state index < -0.39 is 0 Å². The van der Waals surface area contributed by atoms with Gasteiger partial charge in [-0.3, -0.25) is 4.79 Å². The number of Topliss-reactive ketones (excluding diaryl/α,β-unsaturated/α-hetero) is 1. The zero-order chi connectivity index (χ0) is 11.5. The molecule has 1 atom stereocenters. The highest BCUT2D eigenvalue weighted by atomic mass is 19.1. The predicted molar refractivity (Wildman–Crippen MR) is 61.0 cm³/mol. The summed E-state index contributed by atoms with van der Waals surface area (Å²) in [5, 5.41) is 0. The zero-order valence-electron chi connectivity index (χ0n) is 9.45. The number of piperidine rings is 1. The maximum atomic E-state index is 12.7. The number of ketones is 1. The Morgan fingerprint density at radius 3 is 2.69 bits per heavy atom. The fraction of sp³-hybridized carbons (Fsp3) is 0.462. The summed E-state index contributed by atoms with van der Waals surface area (Å²) < 4.78 is 12.7. The Morgan fingerprint density at radius 1 is 1.38 bits per heavy atom. The first-order valence-electron chi connectivity index (χ1n) is 5.65. The first-order valence-corrected chi connectivity index (χ1v) is 5.65. The van der Waals surface area contributed by atoms with E-state index in [9.17, 15) is 9.18 Å². The third kappa shape index (κ3) is 2.47. The molecule has 16 heavy (non-hydrogen) atoms. The molecule has 2 rings (SSSR count). The van der Waals surface area contributed by atoms with Crippen molar-refractivity contribution in [3.63, 3.8) is 0 Å². The van der Waals surface area contributed by atoms with Gasteiger partial charge in [0.1, 0.15) is 5.82 Å². The van der Waals surface area contributed by atoms with Gasteiger partial charge in [-0.1, -0.05) is 0 Å². The van der Waals surface area contributed by atoms with E-state index in [1.807, 2.05) is 7.05 Å². The Morgan fingerprint density at radius 2 is 2.06 bits per heavy atom. The third-order valence-electron chi connectivity index (χ3n) is 3.12. The molecule has 3 heteroatoms. The maximum absolute atomic E-state index is 12.7. The van der Waals surface area contributed by atoms with Crippen LogP contribution in [0.2, 0.25) is 0 Å². The van der Waals surface area contributed by atoms with E-state index >= 15 is 0 Å². The van der Waals surface area contributed by atoms with E-state index in [1.54, 1.807) is 12.1 Å². The first kappa shape index (κ1) is 11.3. The van der Waals surface area contributed by atoms with Gasteiger partial charge in [0.2, 0.25) is 0 Å². The number of carbonyl (C=O) groups excluding carboxylic acids is 1. The molecule has 0 N–H and O–H groups in total. The van der Waals surface area contributed by atoms with E-state index in [0.29, 0.717) is 5.56 Å². The molecule has 0 spiro atoms. The van der Waals surface area contributed by atoms with Gasteiger partial charge in [-0.25, -0.2) is 4.39 Å². The fourth-order valence-electron chi connectivity index (χ4n) is 2.23. The van der Waals surface area contributed by atoms with Crippen molar-refractivity contribution in [1.29, 1.82) is 0 Å². The summed E-state index contributed by atoms with van der Waals surface area (Å²) in [4.78, 5) is 14.3. The summed E-state index contributed by atoms with van der Waals surface area (Å²) in [7, 11) is 2.03. The van der Waals surface area contributed by atoms with Crippen molar-refractivity contribution >= 4 is 5.78 Å². The van der Waals surface area contributed by atoms with Gasteiger partial charge < -0.3 is 4.90 Å². The fourth-order valence-corrected chi connectivity index (χ4v) is 2.23. The Hall–Kier alpha value is -1.22. The van der Waals surface area contributed by atoms with Gasteiger partial charge >= 0.3 is 0 Å². The highest BCUT2D eigenvalue weighted by Gasteiger charge is 2.24. The zero-order valence-corrected chi connectivity index (χ0v) is 9.45. The summed E-state index contributed by atoms with van der Waals surface area (Å²) >= 11 is 0. The maximum Gasteiger partial charge on any atom is 0.167 e. The molecule has 1 aliphatic heterocycles. The molecule has 1 unspecified atom stereocenters. The molecule has 0 saturated carbocycles. The van der Waals surface area contributed by atoms with Crippen LogP contribution in [0, 0.1) is 11.7 Å². The van der Waals surface area contributed by atoms with Gasteiger partial charge in [0.25, 0.3) is 0 Å². The van der Waals surface area contributed by atoms with Gasteiger partial charge in [-0.05, 0) is 50.7 Å². The molecule has 0 aromatic heterocycles. The van der Waals surface area contributed by atoms with Crippen LogP contribution in [0.3, 0.4) is 0 Å². The SMILES string of the molecule is CN1CCCC(C(=O)c2ccc(F)cc2)C1. The minimum absolute atomic E-state index is 0.0733. The lowest BCUT2D eigenvalue weighted by molar-refractivity contribution is 0.0843. The molecule has 1 fully saturated rings. The highest BCUT2D eigenvalue weighted by Crippen LogP contribution is 2.20.